The molecular formula is C11H16FNO. The van der Waals surface area contributed by atoms with Crippen LogP contribution in [0.1, 0.15) is 25.3 Å². The molecule has 0 amide bonds. The molecule has 0 aliphatic carbocycles. The molecule has 0 fully saturated rings. The number of nitrogens with two attached hydrogens (primary N) is 1. The summed E-state index contributed by atoms with van der Waals surface area (Å²) >= 11 is 0. The van der Waals surface area contributed by atoms with Crippen molar-refractivity contribution in [3.05, 3.63) is 29.6 Å². The van der Waals surface area contributed by atoms with Crippen LogP contribution >= 0.6 is 0 Å². The fraction of sp³-hybridized carbons (Fsp3) is 0.455. The van der Waals surface area contributed by atoms with E-state index in [1.807, 2.05) is 19.9 Å². The fourth-order valence-electron chi connectivity index (χ4n) is 1.27. The second kappa shape index (κ2) is 4.42. The van der Waals surface area contributed by atoms with Crippen LogP contribution in [0, 0.1) is 5.82 Å². The van der Waals surface area contributed by atoms with E-state index in [0.717, 1.165) is 5.56 Å². The summed E-state index contributed by atoms with van der Waals surface area (Å²) in [4.78, 5) is 0. The van der Waals surface area contributed by atoms with Gasteiger partial charge in [0, 0.05) is 6.04 Å². The molecule has 0 spiro atoms. The molecule has 1 rings (SSSR count). The largest absolute Gasteiger partial charge is 0.494 e. The van der Waals surface area contributed by atoms with Gasteiger partial charge in [-0.25, -0.2) is 4.39 Å². The lowest BCUT2D eigenvalue weighted by Gasteiger charge is -2.16. The van der Waals surface area contributed by atoms with Gasteiger partial charge in [0.1, 0.15) is 0 Å². The van der Waals surface area contributed by atoms with Crippen LogP contribution in [0.2, 0.25) is 0 Å². The first-order valence-electron chi connectivity index (χ1n) is 4.65. The van der Waals surface area contributed by atoms with Crippen molar-refractivity contribution in [2.45, 2.75) is 25.8 Å². The Bertz CT molecular complexity index is 312. The topological polar surface area (TPSA) is 35.2 Å². The normalized spacial score (nSPS) is 14.9. The van der Waals surface area contributed by atoms with E-state index in [1.54, 1.807) is 6.07 Å². The zero-order valence-electron chi connectivity index (χ0n) is 8.75. The molecule has 78 valence electrons. The van der Waals surface area contributed by atoms with Crippen LogP contribution in [0.3, 0.4) is 0 Å². The highest BCUT2D eigenvalue weighted by atomic mass is 19.1. The summed E-state index contributed by atoms with van der Waals surface area (Å²) in [5.41, 5.74) is 6.64. The number of rotatable bonds is 3. The van der Waals surface area contributed by atoms with Gasteiger partial charge in [0.2, 0.25) is 0 Å². The summed E-state index contributed by atoms with van der Waals surface area (Å²) in [6, 6.07) is 4.97. The van der Waals surface area contributed by atoms with Gasteiger partial charge >= 0.3 is 0 Å². The van der Waals surface area contributed by atoms with Gasteiger partial charge in [-0.1, -0.05) is 13.0 Å². The molecule has 2 unspecified atom stereocenters. The van der Waals surface area contributed by atoms with Gasteiger partial charge in [-0.05, 0) is 30.5 Å². The van der Waals surface area contributed by atoms with Gasteiger partial charge in [0.15, 0.2) is 11.6 Å². The molecule has 2 nitrogen and oxygen atoms in total. The van der Waals surface area contributed by atoms with Gasteiger partial charge < -0.3 is 10.5 Å². The molecule has 0 bridgehead atoms. The van der Waals surface area contributed by atoms with Gasteiger partial charge in [0.05, 0.1) is 7.11 Å². The first-order chi connectivity index (χ1) is 6.56. The quantitative estimate of drug-likeness (QED) is 0.806. The lowest BCUT2D eigenvalue weighted by molar-refractivity contribution is 0.385. The Kier molecular flexibility index (Phi) is 3.47. The van der Waals surface area contributed by atoms with Crippen LogP contribution in [-0.4, -0.2) is 13.2 Å². The first-order valence-corrected chi connectivity index (χ1v) is 4.65. The van der Waals surface area contributed by atoms with Gasteiger partial charge in [0.25, 0.3) is 0 Å². The van der Waals surface area contributed by atoms with Crippen molar-refractivity contribution in [3.8, 4) is 5.75 Å². The Hall–Kier alpha value is -1.09. The minimum atomic E-state index is -0.336. The highest BCUT2D eigenvalue weighted by Crippen LogP contribution is 2.24. The molecule has 1 aromatic carbocycles. The molecule has 0 radical (unpaired) electrons. The summed E-state index contributed by atoms with van der Waals surface area (Å²) in [6.45, 7) is 3.89. The smallest absolute Gasteiger partial charge is 0.165 e. The van der Waals surface area contributed by atoms with Crippen LogP contribution in [0.25, 0.3) is 0 Å². The van der Waals surface area contributed by atoms with E-state index in [1.165, 1.54) is 13.2 Å². The monoisotopic (exact) mass is 197 g/mol. The third-order valence-electron chi connectivity index (χ3n) is 2.49. The molecule has 14 heavy (non-hydrogen) atoms. The number of hydrogen-bond donors (Lipinski definition) is 1. The number of ether oxygens (including phenoxy) is 1. The molecule has 2 atom stereocenters. The van der Waals surface area contributed by atoms with E-state index in [9.17, 15) is 4.39 Å². The first kappa shape index (κ1) is 11.0. The predicted octanol–water partition coefficient (Wildman–Crippen LogP) is 2.29. The highest BCUT2D eigenvalue weighted by Gasteiger charge is 2.12. The zero-order chi connectivity index (χ0) is 10.7. The van der Waals surface area contributed by atoms with Crippen molar-refractivity contribution < 1.29 is 9.13 Å². The van der Waals surface area contributed by atoms with Crippen molar-refractivity contribution in [2.24, 2.45) is 5.73 Å². The number of benzene rings is 1. The predicted molar refractivity (Wildman–Crippen MR) is 55.0 cm³/mol. The standard InChI is InChI=1S/C11H16FNO/c1-7(8(2)13)9-4-5-11(14-3)10(12)6-9/h4-8H,13H2,1-3H3. The second-order valence-corrected chi connectivity index (χ2v) is 3.54. The van der Waals surface area contributed by atoms with Crippen molar-refractivity contribution >= 4 is 0 Å². The average molecular weight is 197 g/mol. The number of methoxy groups -OCH3 is 1. The maximum atomic E-state index is 13.3. The number of halogens is 1. The van der Waals surface area contributed by atoms with Gasteiger partial charge in [-0.2, -0.15) is 0 Å². The summed E-state index contributed by atoms with van der Waals surface area (Å²) in [6.07, 6.45) is 0. The third-order valence-corrected chi connectivity index (χ3v) is 2.49. The third kappa shape index (κ3) is 2.23. The maximum Gasteiger partial charge on any atom is 0.165 e. The van der Waals surface area contributed by atoms with E-state index in [2.05, 4.69) is 0 Å². The molecule has 2 N–H and O–H groups in total. The molecule has 0 saturated heterocycles. The van der Waals surface area contributed by atoms with Crippen LogP contribution < -0.4 is 10.5 Å². The Morgan fingerprint density at radius 1 is 1.36 bits per heavy atom. The minimum absolute atomic E-state index is 0.0165. The summed E-state index contributed by atoms with van der Waals surface area (Å²) in [5, 5.41) is 0. The number of hydrogen-bond acceptors (Lipinski definition) is 2. The van der Waals surface area contributed by atoms with Crippen molar-refractivity contribution in [1.29, 1.82) is 0 Å². The molecule has 1 aromatic rings. The van der Waals surface area contributed by atoms with Gasteiger partial charge in [-0.15, -0.1) is 0 Å². The van der Waals surface area contributed by atoms with Crippen molar-refractivity contribution in [3.63, 3.8) is 0 Å². The Morgan fingerprint density at radius 2 is 2.00 bits per heavy atom. The van der Waals surface area contributed by atoms with E-state index in [-0.39, 0.29) is 23.5 Å². The zero-order valence-corrected chi connectivity index (χ0v) is 8.75. The Balaban J connectivity index is 2.96. The van der Waals surface area contributed by atoms with E-state index in [4.69, 9.17) is 10.5 Å². The van der Waals surface area contributed by atoms with Crippen molar-refractivity contribution in [2.75, 3.05) is 7.11 Å². The highest BCUT2D eigenvalue weighted by molar-refractivity contribution is 5.31. The lowest BCUT2D eigenvalue weighted by atomic mass is 9.95. The van der Waals surface area contributed by atoms with Gasteiger partial charge in [-0.3, -0.25) is 0 Å². The van der Waals surface area contributed by atoms with E-state index in [0.29, 0.717) is 0 Å². The summed E-state index contributed by atoms with van der Waals surface area (Å²) in [5.74, 6) is 0.0820. The van der Waals surface area contributed by atoms with E-state index >= 15 is 0 Å². The minimum Gasteiger partial charge on any atom is -0.494 e. The second-order valence-electron chi connectivity index (χ2n) is 3.54. The van der Waals surface area contributed by atoms with Crippen LogP contribution in [0.15, 0.2) is 18.2 Å². The van der Waals surface area contributed by atoms with Crippen LogP contribution in [-0.2, 0) is 0 Å². The molecule has 0 saturated carbocycles. The summed E-state index contributed by atoms with van der Waals surface area (Å²) in [7, 11) is 1.45. The molecule has 0 aromatic heterocycles. The maximum absolute atomic E-state index is 13.3. The SMILES string of the molecule is COc1ccc(C(C)C(C)N)cc1F. The fourth-order valence-corrected chi connectivity index (χ4v) is 1.27. The lowest BCUT2D eigenvalue weighted by Crippen LogP contribution is -2.22. The Morgan fingerprint density at radius 3 is 2.43 bits per heavy atom. The Labute approximate surface area is 83.9 Å². The molecule has 0 aliphatic heterocycles. The average Bonchev–Trinajstić information content (AvgIpc) is 2.16. The molecule has 0 aliphatic rings. The molecule has 3 heteroatoms. The van der Waals surface area contributed by atoms with Crippen LogP contribution in [0.5, 0.6) is 5.75 Å². The molecular weight excluding hydrogens is 181 g/mol. The van der Waals surface area contributed by atoms with Crippen LogP contribution in [0.4, 0.5) is 4.39 Å². The van der Waals surface area contributed by atoms with E-state index < -0.39 is 0 Å². The van der Waals surface area contributed by atoms with Crippen molar-refractivity contribution in [1.82, 2.24) is 0 Å². The summed E-state index contributed by atoms with van der Waals surface area (Å²) < 4.78 is 18.1. The molecule has 0 heterocycles.